The number of halogens is 1. The van der Waals surface area contributed by atoms with Crippen molar-refractivity contribution in [1.82, 2.24) is 10.6 Å². The summed E-state index contributed by atoms with van der Waals surface area (Å²) < 4.78 is 13.7. The average Bonchev–Trinajstić information content (AvgIpc) is 2.65. The molecule has 0 saturated heterocycles. The number of carbonyl (C=O) groups is 1. The van der Waals surface area contributed by atoms with E-state index in [0.717, 1.165) is 17.7 Å². The van der Waals surface area contributed by atoms with Gasteiger partial charge in [0.2, 0.25) is 5.91 Å². The van der Waals surface area contributed by atoms with Gasteiger partial charge in [-0.2, -0.15) is 0 Å². The maximum Gasteiger partial charge on any atom is 0.224 e. The molecule has 2 aromatic carbocycles. The first-order chi connectivity index (χ1) is 13.1. The lowest BCUT2D eigenvalue weighted by molar-refractivity contribution is -0.116. The highest BCUT2D eigenvalue weighted by Crippen LogP contribution is 2.12. The topological polar surface area (TPSA) is 65.5 Å². The maximum absolute atomic E-state index is 13.7. The van der Waals surface area contributed by atoms with Gasteiger partial charge in [0, 0.05) is 30.8 Å². The highest BCUT2D eigenvalue weighted by Gasteiger charge is 2.04. The molecule has 0 saturated carbocycles. The second-order valence-corrected chi connectivity index (χ2v) is 6.14. The Bertz CT molecular complexity index is 776. The Labute approximate surface area is 160 Å². The minimum Gasteiger partial charge on any atom is -0.357 e. The fraction of sp³-hybridized carbons (Fsp3) is 0.333. The first kappa shape index (κ1) is 20.4. The Morgan fingerprint density at radius 2 is 1.89 bits per heavy atom. The summed E-state index contributed by atoms with van der Waals surface area (Å²) in [6.45, 7) is 5.46. The van der Waals surface area contributed by atoms with Crippen LogP contribution < -0.4 is 16.0 Å². The third-order valence-corrected chi connectivity index (χ3v) is 3.86. The molecular formula is C21H27FN4O. The van der Waals surface area contributed by atoms with E-state index in [9.17, 15) is 9.18 Å². The number of benzene rings is 2. The summed E-state index contributed by atoms with van der Waals surface area (Å²) in [5.74, 6) is 0.385. The molecule has 0 radical (unpaired) electrons. The van der Waals surface area contributed by atoms with Gasteiger partial charge in [0.05, 0.1) is 6.54 Å². The van der Waals surface area contributed by atoms with E-state index in [-0.39, 0.29) is 11.7 Å². The van der Waals surface area contributed by atoms with Crippen LogP contribution in [-0.2, 0) is 17.9 Å². The van der Waals surface area contributed by atoms with Crippen LogP contribution in [0.15, 0.2) is 53.5 Å². The van der Waals surface area contributed by atoms with Gasteiger partial charge in [-0.15, -0.1) is 0 Å². The standard InChI is InChI=1S/C21H27FN4O/c1-3-8-20(27)26-18-11-7-9-16(13-18)14-24-21(23-4-2)25-15-17-10-5-6-12-19(17)22/h5-7,9-13H,3-4,8,14-15H2,1-2H3,(H,26,27)(H2,23,24,25). The summed E-state index contributed by atoms with van der Waals surface area (Å²) in [5, 5.41) is 9.18. The Morgan fingerprint density at radius 3 is 2.63 bits per heavy atom. The Hall–Kier alpha value is -2.89. The molecule has 0 spiro atoms. The number of aliphatic imine (C=N–C) groups is 1. The Kier molecular flexibility index (Phi) is 8.29. The molecule has 6 heteroatoms. The van der Waals surface area contributed by atoms with Crippen molar-refractivity contribution in [3.05, 3.63) is 65.5 Å². The van der Waals surface area contributed by atoms with Gasteiger partial charge in [-0.1, -0.05) is 37.3 Å². The summed E-state index contributed by atoms with van der Waals surface area (Å²) in [4.78, 5) is 16.3. The molecule has 0 aromatic heterocycles. The SMILES string of the molecule is CCCC(=O)Nc1cccc(CN=C(NCC)NCc2ccccc2F)c1. The third kappa shape index (κ3) is 7.09. The van der Waals surface area contributed by atoms with Crippen molar-refractivity contribution < 1.29 is 9.18 Å². The molecule has 5 nitrogen and oxygen atoms in total. The molecular weight excluding hydrogens is 343 g/mol. The van der Waals surface area contributed by atoms with Crippen molar-refractivity contribution in [2.75, 3.05) is 11.9 Å². The minimum atomic E-state index is -0.239. The second kappa shape index (κ2) is 11.0. The number of nitrogens with one attached hydrogen (secondary N) is 3. The van der Waals surface area contributed by atoms with Crippen molar-refractivity contribution in [3.8, 4) is 0 Å². The summed E-state index contributed by atoms with van der Waals surface area (Å²) in [5.41, 5.74) is 2.33. The minimum absolute atomic E-state index is 0.0121. The van der Waals surface area contributed by atoms with Crippen LogP contribution in [0.4, 0.5) is 10.1 Å². The fourth-order valence-corrected chi connectivity index (χ4v) is 2.53. The first-order valence-electron chi connectivity index (χ1n) is 9.26. The monoisotopic (exact) mass is 370 g/mol. The van der Waals surface area contributed by atoms with Gasteiger partial charge in [-0.3, -0.25) is 4.79 Å². The van der Waals surface area contributed by atoms with E-state index in [0.29, 0.717) is 37.6 Å². The van der Waals surface area contributed by atoms with Crippen molar-refractivity contribution in [2.24, 2.45) is 4.99 Å². The molecule has 27 heavy (non-hydrogen) atoms. The van der Waals surface area contributed by atoms with Crippen LogP contribution in [0.5, 0.6) is 0 Å². The molecule has 0 bridgehead atoms. The lowest BCUT2D eigenvalue weighted by atomic mass is 10.2. The lowest BCUT2D eigenvalue weighted by Crippen LogP contribution is -2.37. The van der Waals surface area contributed by atoms with E-state index in [1.54, 1.807) is 12.1 Å². The average molecular weight is 370 g/mol. The number of carbonyl (C=O) groups excluding carboxylic acids is 1. The zero-order valence-electron chi connectivity index (χ0n) is 15.9. The smallest absolute Gasteiger partial charge is 0.224 e. The summed E-state index contributed by atoms with van der Waals surface area (Å²) in [6.07, 6.45) is 1.32. The van der Waals surface area contributed by atoms with Crippen molar-refractivity contribution >= 4 is 17.6 Å². The van der Waals surface area contributed by atoms with Gasteiger partial charge in [-0.05, 0) is 37.1 Å². The molecule has 3 N–H and O–H groups in total. The van der Waals surface area contributed by atoms with E-state index in [2.05, 4.69) is 20.9 Å². The van der Waals surface area contributed by atoms with Crippen molar-refractivity contribution in [1.29, 1.82) is 0 Å². The number of hydrogen-bond acceptors (Lipinski definition) is 2. The number of rotatable bonds is 8. The Balaban J connectivity index is 1.99. The van der Waals surface area contributed by atoms with E-state index in [1.807, 2.05) is 44.2 Å². The highest BCUT2D eigenvalue weighted by atomic mass is 19.1. The molecule has 0 aliphatic carbocycles. The molecule has 0 unspecified atom stereocenters. The predicted octanol–water partition coefficient (Wildman–Crippen LogP) is 3.82. The number of hydrogen-bond donors (Lipinski definition) is 3. The van der Waals surface area contributed by atoms with E-state index in [1.165, 1.54) is 6.07 Å². The van der Waals surface area contributed by atoms with Crippen LogP contribution in [0.25, 0.3) is 0 Å². The molecule has 0 aliphatic rings. The molecule has 0 fully saturated rings. The second-order valence-electron chi connectivity index (χ2n) is 6.14. The van der Waals surface area contributed by atoms with Crippen molar-refractivity contribution in [3.63, 3.8) is 0 Å². The van der Waals surface area contributed by atoms with E-state index < -0.39 is 0 Å². The molecule has 144 valence electrons. The quantitative estimate of drug-likeness (QED) is 0.489. The number of amides is 1. The zero-order chi connectivity index (χ0) is 19.5. The van der Waals surface area contributed by atoms with Gasteiger partial charge in [-0.25, -0.2) is 9.38 Å². The predicted molar refractivity (Wildman–Crippen MR) is 108 cm³/mol. The zero-order valence-corrected chi connectivity index (χ0v) is 15.9. The molecule has 1 amide bonds. The van der Waals surface area contributed by atoms with E-state index in [4.69, 9.17) is 0 Å². The lowest BCUT2D eigenvalue weighted by Gasteiger charge is -2.12. The molecule has 0 heterocycles. The van der Waals surface area contributed by atoms with Crippen LogP contribution in [-0.4, -0.2) is 18.4 Å². The number of guanidine groups is 1. The highest BCUT2D eigenvalue weighted by molar-refractivity contribution is 5.90. The van der Waals surface area contributed by atoms with Crippen LogP contribution in [0, 0.1) is 5.82 Å². The Morgan fingerprint density at radius 1 is 1.07 bits per heavy atom. The van der Waals surface area contributed by atoms with Crippen LogP contribution >= 0.6 is 0 Å². The van der Waals surface area contributed by atoms with Crippen molar-refractivity contribution in [2.45, 2.75) is 39.8 Å². The van der Waals surface area contributed by atoms with Gasteiger partial charge < -0.3 is 16.0 Å². The van der Waals surface area contributed by atoms with Crippen LogP contribution in [0.3, 0.4) is 0 Å². The molecule has 2 aromatic rings. The van der Waals surface area contributed by atoms with Crippen LogP contribution in [0.2, 0.25) is 0 Å². The third-order valence-electron chi connectivity index (χ3n) is 3.86. The number of anilines is 1. The largest absolute Gasteiger partial charge is 0.357 e. The number of nitrogens with zero attached hydrogens (tertiary/aromatic N) is 1. The molecule has 2 rings (SSSR count). The van der Waals surface area contributed by atoms with Gasteiger partial charge in [0.25, 0.3) is 0 Å². The van der Waals surface area contributed by atoms with E-state index >= 15 is 0 Å². The fourth-order valence-electron chi connectivity index (χ4n) is 2.53. The normalized spacial score (nSPS) is 11.1. The molecule has 0 aliphatic heterocycles. The maximum atomic E-state index is 13.7. The van der Waals surface area contributed by atoms with Gasteiger partial charge >= 0.3 is 0 Å². The molecule has 0 atom stereocenters. The summed E-state index contributed by atoms with van der Waals surface area (Å²) in [6, 6.07) is 14.3. The summed E-state index contributed by atoms with van der Waals surface area (Å²) >= 11 is 0. The van der Waals surface area contributed by atoms with Gasteiger partial charge in [0.15, 0.2) is 5.96 Å². The summed E-state index contributed by atoms with van der Waals surface area (Å²) in [7, 11) is 0. The first-order valence-corrected chi connectivity index (χ1v) is 9.26. The van der Waals surface area contributed by atoms with Crippen LogP contribution in [0.1, 0.15) is 37.8 Å². The van der Waals surface area contributed by atoms with Gasteiger partial charge in [0.1, 0.15) is 5.82 Å².